The minimum absolute atomic E-state index is 0.0110. The molecule has 4 atom stereocenters. The average molecular weight is 479 g/mol. The summed E-state index contributed by atoms with van der Waals surface area (Å²) in [6.45, 7) is 13.2. The number of carbonyl (C=O) groups is 2. The van der Waals surface area contributed by atoms with Crippen LogP contribution in [0.4, 0.5) is 0 Å². The van der Waals surface area contributed by atoms with Gasteiger partial charge in [0.2, 0.25) is 0 Å². The molecule has 2 N–H and O–H groups in total. The molecule has 0 amide bonds. The number of hydrogen-bond acceptors (Lipinski definition) is 4. The van der Waals surface area contributed by atoms with E-state index in [1.807, 2.05) is 6.92 Å². The number of aromatic carboxylic acids is 2. The molecule has 6 nitrogen and oxygen atoms in total. The first-order chi connectivity index (χ1) is 16.2. The summed E-state index contributed by atoms with van der Waals surface area (Å²) in [5.41, 5.74) is 0.669. The molecular weight excluding hydrogens is 432 g/mol. The van der Waals surface area contributed by atoms with Gasteiger partial charge in [0.25, 0.3) is 0 Å². The molecule has 194 valence electrons. The molecule has 0 fully saturated rings. The van der Waals surface area contributed by atoms with Gasteiger partial charge in [-0.25, -0.2) is 9.59 Å². The summed E-state index contributed by atoms with van der Waals surface area (Å²) in [7, 11) is 0. The molecule has 1 aromatic rings. The van der Waals surface area contributed by atoms with E-state index in [1.165, 1.54) is 6.07 Å². The van der Waals surface area contributed by atoms with Crippen molar-refractivity contribution in [2.75, 3.05) is 13.2 Å². The highest BCUT2D eigenvalue weighted by Gasteiger charge is 2.29. The first-order valence-corrected chi connectivity index (χ1v) is 13.1. The molecule has 4 unspecified atom stereocenters. The maximum absolute atomic E-state index is 12.4. The lowest BCUT2D eigenvalue weighted by molar-refractivity contribution is 0.0286. The van der Waals surface area contributed by atoms with E-state index in [0.717, 1.165) is 51.4 Å². The van der Waals surface area contributed by atoms with Gasteiger partial charge in [-0.3, -0.25) is 0 Å². The van der Waals surface area contributed by atoms with Gasteiger partial charge in [-0.1, -0.05) is 72.3 Å². The fourth-order valence-electron chi connectivity index (χ4n) is 4.35. The number of hydrogen-bond donors (Lipinski definition) is 2. The second-order valence-electron chi connectivity index (χ2n) is 9.39. The summed E-state index contributed by atoms with van der Waals surface area (Å²) in [6.07, 6.45) is 7.44. The van der Waals surface area contributed by atoms with Gasteiger partial charge >= 0.3 is 11.9 Å². The second kappa shape index (κ2) is 15.9. The van der Waals surface area contributed by atoms with Gasteiger partial charge in [0.05, 0.1) is 36.5 Å². The van der Waals surface area contributed by atoms with E-state index in [2.05, 4.69) is 27.7 Å². The average Bonchev–Trinajstić information content (AvgIpc) is 2.82. The molecular formula is C28H46O6. The van der Waals surface area contributed by atoms with Gasteiger partial charge in [0.1, 0.15) is 0 Å². The minimum Gasteiger partial charge on any atom is -0.478 e. The monoisotopic (exact) mass is 478 g/mol. The molecule has 0 spiro atoms. The van der Waals surface area contributed by atoms with E-state index in [0.29, 0.717) is 30.6 Å². The van der Waals surface area contributed by atoms with Crippen molar-refractivity contribution < 1.29 is 29.3 Å². The second-order valence-corrected chi connectivity index (χ2v) is 9.39. The molecule has 0 saturated carbocycles. The number of carboxylic acids is 2. The zero-order valence-corrected chi connectivity index (χ0v) is 22.1. The molecule has 6 heteroatoms. The van der Waals surface area contributed by atoms with Crippen LogP contribution in [0.15, 0.2) is 12.1 Å². The molecule has 0 aromatic heterocycles. The Hall–Kier alpha value is -1.92. The minimum atomic E-state index is -1.16. The maximum atomic E-state index is 12.4. The van der Waals surface area contributed by atoms with Crippen LogP contribution in [-0.2, 0) is 9.47 Å². The first-order valence-electron chi connectivity index (χ1n) is 13.1. The summed E-state index contributed by atoms with van der Waals surface area (Å²) in [6, 6.07) is 3.07. The molecule has 0 aliphatic carbocycles. The quantitative estimate of drug-likeness (QED) is 0.225. The Labute approximate surface area is 206 Å². The van der Waals surface area contributed by atoms with Gasteiger partial charge < -0.3 is 19.7 Å². The lowest BCUT2D eigenvalue weighted by atomic mass is 9.90. The number of benzene rings is 1. The van der Waals surface area contributed by atoms with E-state index in [-0.39, 0.29) is 16.7 Å². The predicted octanol–water partition coefficient (Wildman–Crippen LogP) is 7.67. The Balaban J connectivity index is 3.23. The SMILES string of the molecule is CCCCC(CC)COC(C)c1ccc(C(=O)O)c(C(C)OCC(CC)CCCC)c1C(=O)O. The smallest absolute Gasteiger partial charge is 0.336 e. The zero-order valence-electron chi connectivity index (χ0n) is 22.1. The molecule has 1 rings (SSSR count). The van der Waals surface area contributed by atoms with Crippen molar-refractivity contribution in [2.24, 2.45) is 11.8 Å². The lowest BCUT2D eigenvalue weighted by Crippen LogP contribution is -2.20. The van der Waals surface area contributed by atoms with Crippen LogP contribution in [0.2, 0.25) is 0 Å². The molecule has 1 aromatic carbocycles. The van der Waals surface area contributed by atoms with E-state index in [9.17, 15) is 19.8 Å². The summed E-state index contributed by atoms with van der Waals surface area (Å²) < 4.78 is 12.2. The fourth-order valence-corrected chi connectivity index (χ4v) is 4.35. The van der Waals surface area contributed by atoms with Gasteiger partial charge in [-0.15, -0.1) is 0 Å². The predicted molar refractivity (Wildman–Crippen MR) is 136 cm³/mol. The highest BCUT2D eigenvalue weighted by Crippen LogP contribution is 2.33. The number of unbranched alkanes of at least 4 members (excludes halogenated alkanes) is 2. The number of ether oxygens (including phenoxy) is 2. The number of carboxylic acid groups (broad SMARTS) is 2. The topological polar surface area (TPSA) is 93.1 Å². The van der Waals surface area contributed by atoms with Crippen LogP contribution in [0.3, 0.4) is 0 Å². The van der Waals surface area contributed by atoms with Crippen molar-refractivity contribution in [2.45, 2.75) is 105 Å². The van der Waals surface area contributed by atoms with Crippen LogP contribution in [0, 0.1) is 11.8 Å². The molecule has 34 heavy (non-hydrogen) atoms. The van der Waals surface area contributed by atoms with Crippen LogP contribution < -0.4 is 0 Å². The third-order valence-corrected chi connectivity index (χ3v) is 6.82. The van der Waals surface area contributed by atoms with Crippen molar-refractivity contribution in [1.82, 2.24) is 0 Å². The normalized spacial score (nSPS) is 15.0. The zero-order chi connectivity index (χ0) is 25.7. The summed E-state index contributed by atoms with van der Waals surface area (Å²) in [4.78, 5) is 24.4. The van der Waals surface area contributed by atoms with Crippen molar-refractivity contribution in [1.29, 1.82) is 0 Å². The largest absolute Gasteiger partial charge is 0.478 e. The first kappa shape index (κ1) is 30.1. The van der Waals surface area contributed by atoms with Crippen LogP contribution in [0.1, 0.15) is 137 Å². The van der Waals surface area contributed by atoms with Crippen molar-refractivity contribution in [3.63, 3.8) is 0 Å². The van der Waals surface area contributed by atoms with Crippen LogP contribution in [0.25, 0.3) is 0 Å². The van der Waals surface area contributed by atoms with Crippen LogP contribution >= 0.6 is 0 Å². The highest BCUT2D eigenvalue weighted by molar-refractivity contribution is 5.98. The van der Waals surface area contributed by atoms with Crippen LogP contribution in [0.5, 0.6) is 0 Å². The van der Waals surface area contributed by atoms with Gasteiger partial charge in [0.15, 0.2) is 0 Å². The van der Waals surface area contributed by atoms with E-state index >= 15 is 0 Å². The van der Waals surface area contributed by atoms with E-state index in [4.69, 9.17) is 9.47 Å². The van der Waals surface area contributed by atoms with Gasteiger partial charge in [-0.2, -0.15) is 0 Å². The van der Waals surface area contributed by atoms with Gasteiger partial charge in [0, 0.05) is 5.56 Å². The van der Waals surface area contributed by atoms with Crippen molar-refractivity contribution in [3.05, 3.63) is 34.4 Å². The molecule has 0 heterocycles. The number of rotatable bonds is 18. The fraction of sp³-hybridized carbons (Fsp3) is 0.714. The Bertz CT molecular complexity index is 760. The molecule has 0 saturated heterocycles. The third-order valence-electron chi connectivity index (χ3n) is 6.82. The van der Waals surface area contributed by atoms with Crippen LogP contribution in [-0.4, -0.2) is 35.4 Å². The van der Waals surface area contributed by atoms with Crippen molar-refractivity contribution >= 4 is 11.9 Å². The van der Waals surface area contributed by atoms with E-state index in [1.54, 1.807) is 13.0 Å². The standard InChI is InChI=1S/C28H46O6/c1-7-11-13-21(9-3)17-33-19(5)23-15-16-24(27(29)30)25(26(23)28(31)32)20(6)34-18-22(10-4)14-12-8-2/h15-16,19-22H,7-14,17-18H2,1-6H3,(H,29,30)(H,31,32). The van der Waals surface area contributed by atoms with Gasteiger partial charge in [-0.05, 0) is 50.2 Å². The summed E-state index contributed by atoms with van der Waals surface area (Å²) in [5, 5.41) is 19.9. The lowest BCUT2D eigenvalue weighted by Gasteiger charge is -2.25. The Morgan fingerprint density at radius 1 is 0.794 bits per heavy atom. The molecule has 0 aliphatic heterocycles. The maximum Gasteiger partial charge on any atom is 0.336 e. The molecule has 0 bridgehead atoms. The summed E-state index contributed by atoms with van der Waals surface area (Å²) in [5.74, 6) is -1.53. The van der Waals surface area contributed by atoms with E-state index < -0.39 is 24.1 Å². The highest BCUT2D eigenvalue weighted by atomic mass is 16.5. The molecule has 0 aliphatic rings. The van der Waals surface area contributed by atoms with Crippen molar-refractivity contribution in [3.8, 4) is 0 Å². The third kappa shape index (κ3) is 9.03. The Kier molecular flexibility index (Phi) is 14.1. The summed E-state index contributed by atoms with van der Waals surface area (Å²) >= 11 is 0. The Morgan fingerprint density at radius 2 is 1.29 bits per heavy atom. The molecule has 0 radical (unpaired) electrons. The Morgan fingerprint density at radius 3 is 1.71 bits per heavy atom.